The Morgan fingerprint density at radius 2 is 2.18 bits per heavy atom. The maximum Gasteiger partial charge on any atom is 0.256 e. The van der Waals surface area contributed by atoms with Crippen LogP contribution in [-0.2, 0) is 4.79 Å². The molecule has 0 saturated carbocycles. The molecule has 3 heteroatoms. The van der Waals surface area contributed by atoms with Gasteiger partial charge < -0.3 is 10.3 Å². The molecule has 0 spiro atoms. The largest absolute Gasteiger partial charge is 0.361 e. The van der Waals surface area contributed by atoms with Crippen LogP contribution in [0, 0.1) is 6.92 Å². The van der Waals surface area contributed by atoms with Gasteiger partial charge in [0.25, 0.3) is 5.91 Å². The fraction of sp³-hybridized carbons (Fsp3) is 0.0714. The van der Waals surface area contributed by atoms with Crippen molar-refractivity contribution in [2.75, 3.05) is 5.32 Å². The summed E-state index contributed by atoms with van der Waals surface area (Å²) < 4.78 is 7.88. The number of amides is 1. The van der Waals surface area contributed by atoms with Crippen LogP contribution in [-0.4, -0.2) is 10.9 Å². The molecule has 2 N–H and O–H groups in total. The molecule has 0 atom stereocenters. The second-order valence-electron chi connectivity index (χ2n) is 4.07. The van der Waals surface area contributed by atoms with Gasteiger partial charge in [-0.3, -0.25) is 4.79 Å². The number of aromatic nitrogens is 1. The molecule has 0 unspecified atom stereocenters. The van der Waals surface area contributed by atoms with Crippen molar-refractivity contribution in [3.05, 3.63) is 53.3 Å². The normalized spacial score (nSPS) is 16.9. The Hall–Kier alpha value is -2.29. The quantitative estimate of drug-likeness (QED) is 0.720. The maximum absolute atomic E-state index is 11.9. The molecule has 0 radical (unpaired) electrons. The molecular weight excluding hydrogens is 212 g/mol. The van der Waals surface area contributed by atoms with E-state index in [-0.39, 0.29) is 5.91 Å². The molecule has 1 aliphatic rings. The number of H-pyrrole nitrogens is 1. The summed E-state index contributed by atoms with van der Waals surface area (Å²) in [5.74, 6) is -0.122. The number of benzene rings is 1. The monoisotopic (exact) mass is 225 g/mol. The number of carbonyl (C=O) groups is 1. The summed E-state index contributed by atoms with van der Waals surface area (Å²) in [6.45, 7) is 1.86. The number of rotatable bonds is 1. The summed E-state index contributed by atoms with van der Waals surface area (Å²) in [5.41, 5.74) is 3.83. The summed E-state index contributed by atoms with van der Waals surface area (Å²) in [5, 5.41) is 2.81. The molecule has 0 aliphatic carbocycles. The van der Waals surface area contributed by atoms with Crippen molar-refractivity contribution in [2.45, 2.75) is 6.92 Å². The SMILES string of the molecule is [2H]c1c(C)c[nH]c1C=C1C(=O)Nc2ccccc21. The summed E-state index contributed by atoms with van der Waals surface area (Å²) in [6.07, 6.45) is 3.50. The highest BCUT2D eigenvalue weighted by Gasteiger charge is 2.23. The average molecular weight is 225 g/mol. The zero-order valence-electron chi connectivity index (χ0n) is 10.4. The number of para-hydroxylation sites is 1. The minimum Gasteiger partial charge on any atom is -0.361 e. The lowest BCUT2D eigenvalue weighted by molar-refractivity contribution is -0.110. The molecule has 2 heterocycles. The third kappa shape index (κ3) is 1.65. The van der Waals surface area contributed by atoms with E-state index >= 15 is 0 Å². The Balaban J connectivity index is 2.12. The van der Waals surface area contributed by atoms with Gasteiger partial charge in [0.2, 0.25) is 0 Å². The van der Waals surface area contributed by atoms with E-state index < -0.39 is 0 Å². The van der Waals surface area contributed by atoms with Gasteiger partial charge in [-0.2, -0.15) is 0 Å². The summed E-state index contributed by atoms with van der Waals surface area (Å²) in [7, 11) is 0. The van der Waals surface area contributed by atoms with Crippen LogP contribution >= 0.6 is 0 Å². The number of aryl methyl sites for hydroxylation is 1. The van der Waals surface area contributed by atoms with Crippen LogP contribution in [0.2, 0.25) is 0 Å². The molecular formula is C14H12N2O. The molecule has 3 rings (SSSR count). The van der Waals surface area contributed by atoms with Crippen molar-refractivity contribution in [2.24, 2.45) is 0 Å². The van der Waals surface area contributed by atoms with Crippen LogP contribution in [0.15, 0.2) is 36.5 Å². The Morgan fingerprint density at radius 1 is 1.35 bits per heavy atom. The third-order valence-corrected chi connectivity index (χ3v) is 2.77. The zero-order valence-corrected chi connectivity index (χ0v) is 9.37. The minimum absolute atomic E-state index is 0.122. The first-order valence-electron chi connectivity index (χ1n) is 5.94. The van der Waals surface area contributed by atoms with Gasteiger partial charge in [0, 0.05) is 23.1 Å². The number of hydrogen-bond acceptors (Lipinski definition) is 1. The van der Waals surface area contributed by atoms with E-state index in [1.54, 1.807) is 12.3 Å². The molecule has 1 aromatic heterocycles. The summed E-state index contributed by atoms with van der Waals surface area (Å²) in [4.78, 5) is 14.9. The van der Waals surface area contributed by atoms with E-state index in [1.165, 1.54) is 0 Å². The number of aromatic amines is 1. The topological polar surface area (TPSA) is 44.9 Å². The van der Waals surface area contributed by atoms with E-state index in [0.717, 1.165) is 16.8 Å². The van der Waals surface area contributed by atoms with Gasteiger partial charge in [-0.25, -0.2) is 0 Å². The standard InChI is InChI=1S/C14H12N2O/c1-9-6-10(15-8-9)7-12-11-4-2-3-5-13(11)16-14(12)17/h2-8,15H,1H3,(H,16,17)/i6D. The van der Waals surface area contributed by atoms with Crippen molar-refractivity contribution in [1.29, 1.82) is 0 Å². The zero-order chi connectivity index (χ0) is 12.7. The highest BCUT2D eigenvalue weighted by molar-refractivity contribution is 6.34. The van der Waals surface area contributed by atoms with Crippen LogP contribution in [0.5, 0.6) is 0 Å². The predicted octanol–water partition coefficient (Wildman–Crippen LogP) is 2.82. The first-order chi connectivity index (χ1) is 8.66. The van der Waals surface area contributed by atoms with Gasteiger partial charge in [0.05, 0.1) is 6.94 Å². The lowest BCUT2D eigenvalue weighted by atomic mass is 10.1. The van der Waals surface area contributed by atoms with Gasteiger partial charge in [0.1, 0.15) is 0 Å². The van der Waals surface area contributed by atoms with Gasteiger partial charge >= 0.3 is 0 Å². The van der Waals surface area contributed by atoms with Crippen LogP contribution in [0.3, 0.4) is 0 Å². The third-order valence-electron chi connectivity index (χ3n) is 2.77. The molecule has 0 bridgehead atoms. The maximum atomic E-state index is 11.9. The molecule has 1 aromatic carbocycles. The van der Waals surface area contributed by atoms with Gasteiger partial charge in [-0.1, -0.05) is 18.2 Å². The highest BCUT2D eigenvalue weighted by Crippen LogP contribution is 2.32. The molecule has 84 valence electrons. The van der Waals surface area contributed by atoms with Gasteiger partial charge in [-0.05, 0) is 30.7 Å². The molecule has 1 amide bonds. The molecule has 17 heavy (non-hydrogen) atoms. The van der Waals surface area contributed by atoms with Crippen molar-refractivity contribution < 1.29 is 6.17 Å². The highest BCUT2D eigenvalue weighted by atomic mass is 16.2. The lowest BCUT2D eigenvalue weighted by Gasteiger charge is -1.96. The molecule has 1 aliphatic heterocycles. The lowest BCUT2D eigenvalue weighted by Crippen LogP contribution is -2.03. The fourth-order valence-corrected chi connectivity index (χ4v) is 1.97. The van der Waals surface area contributed by atoms with E-state index in [0.29, 0.717) is 17.3 Å². The van der Waals surface area contributed by atoms with E-state index in [1.807, 2.05) is 31.2 Å². The second-order valence-corrected chi connectivity index (χ2v) is 4.07. The predicted molar refractivity (Wildman–Crippen MR) is 68.5 cm³/mol. The Morgan fingerprint density at radius 3 is 2.94 bits per heavy atom. The first kappa shape index (κ1) is 8.82. The smallest absolute Gasteiger partial charge is 0.256 e. The van der Waals surface area contributed by atoms with Crippen molar-refractivity contribution in [3.63, 3.8) is 0 Å². The van der Waals surface area contributed by atoms with Crippen LogP contribution in [0.4, 0.5) is 5.69 Å². The average Bonchev–Trinajstić information content (AvgIpc) is 2.85. The summed E-state index contributed by atoms with van der Waals surface area (Å²) >= 11 is 0. The molecule has 3 nitrogen and oxygen atoms in total. The van der Waals surface area contributed by atoms with Crippen LogP contribution < -0.4 is 5.32 Å². The van der Waals surface area contributed by atoms with Gasteiger partial charge in [-0.15, -0.1) is 0 Å². The second kappa shape index (κ2) is 3.63. The van der Waals surface area contributed by atoms with Crippen LogP contribution in [0.25, 0.3) is 11.6 Å². The minimum atomic E-state index is -0.122. The number of hydrogen-bond donors (Lipinski definition) is 2. The number of anilines is 1. The van der Waals surface area contributed by atoms with Gasteiger partial charge in [0.15, 0.2) is 0 Å². The first-order valence-corrected chi connectivity index (χ1v) is 5.44. The van der Waals surface area contributed by atoms with Crippen molar-refractivity contribution in [1.82, 2.24) is 4.98 Å². The van der Waals surface area contributed by atoms with Crippen LogP contribution in [0.1, 0.15) is 18.2 Å². The Kier molecular flexibility index (Phi) is 1.88. The Bertz CT molecular complexity index is 670. The fourth-order valence-electron chi connectivity index (χ4n) is 1.97. The van der Waals surface area contributed by atoms with E-state index in [2.05, 4.69) is 10.3 Å². The number of carbonyl (C=O) groups excluding carboxylic acids is 1. The van der Waals surface area contributed by atoms with Crippen molar-refractivity contribution in [3.8, 4) is 0 Å². The molecule has 2 aromatic rings. The van der Waals surface area contributed by atoms with E-state index in [9.17, 15) is 4.79 Å². The number of nitrogens with one attached hydrogen (secondary N) is 2. The molecule has 0 saturated heterocycles. The Labute approximate surface area is 101 Å². The van der Waals surface area contributed by atoms with E-state index in [4.69, 9.17) is 1.37 Å². The van der Waals surface area contributed by atoms with Crippen molar-refractivity contribution >= 4 is 23.2 Å². The molecule has 0 fully saturated rings. The summed E-state index contributed by atoms with van der Waals surface area (Å²) in [6, 6.07) is 7.99. The number of fused-ring (bicyclic) bond motifs is 1.